The van der Waals surface area contributed by atoms with Crippen LogP contribution in [0.3, 0.4) is 0 Å². The van der Waals surface area contributed by atoms with E-state index in [2.05, 4.69) is 4.98 Å². The Labute approximate surface area is 173 Å². The Morgan fingerprint density at radius 1 is 1.07 bits per heavy atom. The second-order valence-electron chi connectivity index (χ2n) is 6.60. The van der Waals surface area contributed by atoms with Crippen LogP contribution in [0.1, 0.15) is 10.4 Å². The van der Waals surface area contributed by atoms with Crippen molar-refractivity contribution in [3.8, 4) is 5.75 Å². The number of rotatable bonds is 4. The first-order valence-corrected chi connectivity index (χ1v) is 11.8. The molecule has 29 heavy (non-hydrogen) atoms. The normalized spacial score (nSPS) is 14.7. The Kier molecular flexibility index (Phi) is 5.47. The van der Waals surface area contributed by atoms with Gasteiger partial charge in [-0.1, -0.05) is 18.2 Å². The number of benzene rings is 2. The van der Waals surface area contributed by atoms with Gasteiger partial charge in [-0.15, -0.1) is 0 Å². The van der Waals surface area contributed by atoms with E-state index in [0.29, 0.717) is 29.7 Å². The van der Waals surface area contributed by atoms with Crippen LogP contribution in [0.4, 0.5) is 0 Å². The molecule has 1 fully saturated rings. The molecule has 1 amide bonds. The van der Waals surface area contributed by atoms with Crippen LogP contribution in [-0.2, 0) is 9.84 Å². The van der Waals surface area contributed by atoms with Crippen molar-refractivity contribution in [3.05, 3.63) is 60.3 Å². The standard InChI is InChI=1S/C21H20N2O4S2/c1-27-15-6-8-16(9-7-15)29(25,26)20-17-4-2-3-5-19(17)22-14-18(20)21(24)23-10-12-28-13-11-23/h2-9,14H,10-13H2,1H3. The summed E-state index contributed by atoms with van der Waals surface area (Å²) >= 11 is 1.78. The molecule has 1 aliphatic heterocycles. The molecule has 0 radical (unpaired) electrons. The molecule has 4 rings (SSSR count). The van der Waals surface area contributed by atoms with Crippen LogP contribution in [0.25, 0.3) is 10.9 Å². The summed E-state index contributed by atoms with van der Waals surface area (Å²) in [4.78, 5) is 19.4. The summed E-state index contributed by atoms with van der Waals surface area (Å²) < 4.78 is 32.4. The molecule has 2 heterocycles. The van der Waals surface area contributed by atoms with Crippen molar-refractivity contribution in [3.63, 3.8) is 0 Å². The molecule has 0 N–H and O–H groups in total. The molecule has 6 nitrogen and oxygen atoms in total. The Morgan fingerprint density at radius 3 is 2.45 bits per heavy atom. The number of thioether (sulfide) groups is 1. The average molecular weight is 429 g/mol. The van der Waals surface area contributed by atoms with Gasteiger partial charge in [-0.2, -0.15) is 11.8 Å². The molecule has 0 spiro atoms. The van der Waals surface area contributed by atoms with Gasteiger partial charge in [-0.3, -0.25) is 9.78 Å². The number of para-hydroxylation sites is 1. The highest BCUT2D eigenvalue weighted by Gasteiger charge is 2.30. The number of carbonyl (C=O) groups excluding carboxylic acids is 1. The number of carbonyl (C=O) groups is 1. The Balaban J connectivity index is 1.91. The third kappa shape index (κ3) is 3.70. The average Bonchev–Trinajstić information content (AvgIpc) is 2.78. The van der Waals surface area contributed by atoms with E-state index in [-0.39, 0.29) is 21.3 Å². The second-order valence-corrected chi connectivity index (χ2v) is 9.71. The number of amides is 1. The van der Waals surface area contributed by atoms with Crippen LogP contribution in [0.2, 0.25) is 0 Å². The van der Waals surface area contributed by atoms with Gasteiger partial charge in [-0.25, -0.2) is 8.42 Å². The van der Waals surface area contributed by atoms with Gasteiger partial charge in [0, 0.05) is 36.2 Å². The van der Waals surface area contributed by atoms with E-state index in [1.54, 1.807) is 53.1 Å². The van der Waals surface area contributed by atoms with Crippen molar-refractivity contribution in [2.75, 3.05) is 31.7 Å². The summed E-state index contributed by atoms with van der Waals surface area (Å²) in [5.41, 5.74) is 0.650. The molecule has 1 aromatic heterocycles. The number of nitrogens with zero attached hydrogens (tertiary/aromatic N) is 2. The van der Waals surface area contributed by atoms with Gasteiger partial charge in [0.2, 0.25) is 9.84 Å². The zero-order valence-electron chi connectivity index (χ0n) is 15.9. The third-order valence-corrected chi connectivity index (χ3v) is 7.71. The van der Waals surface area contributed by atoms with Crippen LogP contribution in [0.15, 0.2) is 64.5 Å². The lowest BCUT2D eigenvalue weighted by Crippen LogP contribution is -2.38. The van der Waals surface area contributed by atoms with E-state index in [1.807, 2.05) is 0 Å². The molecule has 1 saturated heterocycles. The summed E-state index contributed by atoms with van der Waals surface area (Å²) in [6.45, 7) is 1.19. The highest BCUT2D eigenvalue weighted by atomic mass is 32.2. The first-order chi connectivity index (χ1) is 14.0. The van der Waals surface area contributed by atoms with Crippen LogP contribution < -0.4 is 4.74 Å². The fourth-order valence-electron chi connectivity index (χ4n) is 3.37. The van der Waals surface area contributed by atoms with Crippen molar-refractivity contribution in [2.24, 2.45) is 0 Å². The molecule has 8 heteroatoms. The maximum atomic E-state index is 13.6. The molecular formula is C21H20N2O4S2. The molecule has 3 aromatic rings. The highest BCUT2D eigenvalue weighted by Crippen LogP contribution is 2.32. The quantitative estimate of drug-likeness (QED) is 0.635. The van der Waals surface area contributed by atoms with Crippen LogP contribution in [-0.4, -0.2) is 55.9 Å². The molecule has 0 unspecified atom stereocenters. The molecule has 0 saturated carbocycles. The van der Waals surface area contributed by atoms with Crippen molar-refractivity contribution in [2.45, 2.75) is 9.79 Å². The minimum atomic E-state index is -3.95. The summed E-state index contributed by atoms with van der Waals surface area (Å²) in [5.74, 6) is 1.95. The maximum absolute atomic E-state index is 13.6. The zero-order chi connectivity index (χ0) is 20.4. The number of hydrogen-bond donors (Lipinski definition) is 0. The molecule has 0 bridgehead atoms. The molecule has 150 valence electrons. The number of pyridine rings is 1. The summed E-state index contributed by atoms with van der Waals surface area (Å²) in [6, 6.07) is 13.2. The minimum Gasteiger partial charge on any atom is -0.497 e. The van der Waals surface area contributed by atoms with E-state index >= 15 is 0 Å². The topological polar surface area (TPSA) is 76.6 Å². The SMILES string of the molecule is COc1ccc(S(=O)(=O)c2c(C(=O)N3CCSCC3)cnc3ccccc23)cc1. The predicted octanol–water partition coefficient (Wildman–Crippen LogP) is 3.27. The fourth-order valence-corrected chi connectivity index (χ4v) is 5.89. The molecule has 1 aliphatic rings. The summed E-state index contributed by atoms with van der Waals surface area (Å²) in [7, 11) is -2.43. The number of aromatic nitrogens is 1. The monoisotopic (exact) mass is 428 g/mol. The number of hydrogen-bond acceptors (Lipinski definition) is 6. The van der Waals surface area contributed by atoms with Crippen molar-refractivity contribution in [1.82, 2.24) is 9.88 Å². The first-order valence-electron chi connectivity index (χ1n) is 9.16. The second kappa shape index (κ2) is 8.04. The van der Waals surface area contributed by atoms with Gasteiger partial charge in [0.05, 0.1) is 28.0 Å². The lowest BCUT2D eigenvalue weighted by atomic mass is 10.1. The number of ether oxygens (including phenoxy) is 1. The fraction of sp³-hybridized carbons (Fsp3) is 0.238. The smallest absolute Gasteiger partial charge is 0.256 e. The van der Waals surface area contributed by atoms with Gasteiger partial charge in [0.15, 0.2) is 0 Å². The maximum Gasteiger partial charge on any atom is 0.256 e. The predicted molar refractivity (Wildman–Crippen MR) is 113 cm³/mol. The van der Waals surface area contributed by atoms with Crippen molar-refractivity contribution >= 4 is 38.4 Å². The van der Waals surface area contributed by atoms with E-state index in [9.17, 15) is 13.2 Å². The third-order valence-electron chi connectivity index (χ3n) is 4.89. The van der Waals surface area contributed by atoms with Gasteiger partial charge < -0.3 is 9.64 Å². The summed E-state index contributed by atoms with van der Waals surface area (Å²) in [6.07, 6.45) is 1.39. The van der Waals surface area contributed by atoms with Gasteiger partial charge >= 0.3 is 0 Å². The lowest BCUT2D eigenvalue weighted by molar-refractivity contribution is 0.0768. The van der Waals surface area contributed by atoms with Crippen LogP contribution >= 0.6 is 11.8 Å². The number of methoxy groups -OCH3 is 1. The van der Waals surface area contributed by atoms with Gasteiger partial charge in [0.1, 0.15) is 5.75 Å². The zero-order valence-corrected chi connectivity index (χ0v) is 17.5. The number of sulfone groups is 1. The van der Waals surface area contributed by atoms with Gasteiger partial charge in [-0.05, 0) is 30.3 Å². The number of fused-ring (bicyclic) bond motifs is 1. The molecule has 0 atom stereocenters. The van der Waals surface area contributed by atoms with E-state index in [4.69, 9.17) is 4.74 Å². The highest BCUT2D eigenvalue weighted by molar-refractivity contribution is 7.99. The first kappa shape index (κ1) is 19.7. The molecule has 0 aliphatic carbocycles. The molecular weight excluding hydrogens is 408 g/mol. The Morgan fingerprint density at radius 2 is 1.76 bits per heavy atom. The minimum absolute atomic E-state index is 0.0106. The van der Waals surface area contributed by atoms with E-state index < -0.39 is 9.84 Å². The van der Waals surface area contributed by atoms with Crippen molar-refractivity contribution in [1.29, 1.82) is 0 Å². The summed E-state index contributed by atoms with van der Waals surface area (Å²) in [5, 5.41) is 0.445. The Hall–Kier alpha value is -2.58. The van der Waals surface area contributed by atoms with Crippen LogP contribution in [0, 0.1) is 0 Å². The largest absolute Gasteiger partial charge is 0.497 e. The lowest BCUT2D eigenvalue weighted by Gasteiger charge is -2.27. The van der Waals surface area contributed by atoms with Crippen LogP contribution in [0.5, 0.6) is 5.75 Å². The van der Waals surface area contributed by atoms with Gasteiger partial charge in [0.25, 0.3) is 5.91 Å². The van der Waals surface area contributed by atoms with Crippen molar-refractivity contribution < 1.29 is 17.9 Å². The Bertz CT molecular complexity index is 1160. The van der Waals surface area contributed by atoms with E-state index in [1.165, 1.54) is 25.4 Å². The molecule has 2 aromatic carbocycles. The van der Waals surface area contributed by atoms with E-state index in [0.717, 1.165) is 11.5 Å².